The molecule has 96 valence electrons. The van der Waals surface area contributed by atoms with Gasteiger partial charge in [-0.3, -0.25) is 0 Å². The van der Waals surface area contributed by atoms with Crippen LogP contribution in [0, 0.1) is 18.3 Å². The highest BCUT2D eigenvalue weighted by molar-refractivity contribution is 5.41. The highest BCUT2D eigenvalue weighted by atomic mass is 15.1. The van der Waals surface area contributed by atoms with Gasteiger partial charge in [-0.05, 0) is 63.4 Å². The Morgan fingerprint density at radius 3 is 2.94 bits per heavy atom. The highest BCUT2D eigenvalue weighted by Crippen LogP contribution is 2.21. The van der Waals surface area contributed by atoms with Crippen molar-refractivity contribution in [1.29, 1.82) is 5.26 Å². The van der Waals surface area contributed by atoms with Gasteiger partial charge < -0.3 is 4.90 Å². The summed E-state index contributed by atoms with van der Waals surface area (Å²) in [4.78, 5) is 2.49. The Labute approximate surface area is 110 Å². The number of benzene rings is 1. The van der Waals surface area contributed by atoms with Gasteiger partial charge in [-0.15, -0.1) is 0 Å². The van der Waals surface area contributed by atoms with E-state index in [9.17, 15) is 0 Å². The van der Waals surface area contributed by atoms with Gasteiger partial charge in [0.1, 0.15) is 0 Å². The lowest BCUT2D eigenvalue weighted by Crippen LogP contribution is -2.36. The third kappa shape index (κ3) is 2.91. The predicted molar refractivity (Wildman–Crippen MR) is 74.5 cm³/mol. The number of likely N-dealkylation sites (tertiary alicyclic amines) is 1. The van der Waals surface area contributed by atoms with Crippen LogP contribution in [0.25, 0.3) is 0 Å². The van der Waals surface area contributed by atoms with Gasteiger partial charge >= 0.3 is 0 Å². The number of nitriles is 1. The maximum Gasteiger partial charge on any atom is 0.0994 e. The molecule has 0 spiro atoms. The molecule has 0 aliphatic carbocycles. The monoisotopic (exact) mass is 242 g/mol. The van der Waals surface area contributed by atoms with Crippen LogP contribution in [0.15, 0.2) is 18.2 Å². The summed E-state index contributed by atoms with van der Waals surface area (Å²) in [7, 11) is 2.24. The Morgan fingerprint density at radius 1 is 1.39 bits per heavy atom. The smallest absolute Gasteiger partial charge is 0.0994 e. The van der Waals surface area contributed by atoms with Crippen molar-refractivity contribution in [3.05, 3.63) is 34.9 Å². The average Bonchev–Trinajstić information content (AvgIpc) is 2.39. The van der Waals surface area contributed by atoms with Crippen LogP contribution in [0.1, 0.15) is 42.4 Å². The first-order valence-electron chi connectivity index (χ1n) is 6.91. The predicted octanol–water partition coefficient (Wildman–Crippen LogP) is 3.28. The van der Waals surface area contributed by atoms with Gasteiger partial charge in [0.05, 0.1) is 11.6 Å². The quantitative estimate of drug-likeness (QED) is 0.813. The van der Waals surface area contributed by atoms with Crippen molar-refractivity contribution in [3.63, 3.8) is 0 Å². The van der Waals surface area contributed by atoms with Gasteiger partial charge in [0.15, 0.2) is 0 Å². The van der Waals surface area contributed by atoms with Crippen LogP contribution in [0.2, 0.25) is 0 Å². The molecule has 2 heteroatoms. The lowest BCUT2D eigenvalue weighted by Gasteiger charge is -2.32. The fourth-order valence-electron chi connectivity index (χ4n) is 2.91. The van der Waals surface area contributed by atoms with Crippen molar-refractivity contribution in [3.8, 4) is 6.07 Å². The summed E-state index contributed by atoms with van der Waals surface area (Å²) < 4.78 is 0. The number of rotatable bonds is 3. The molecule has 1 aliphatic rings. The Hall–Kier alpha value is -1.33. The van der Waals surface area contributed by atoms with Crippen LogP contribution in [-0.4, -0.2) is 24.5 Å². The standard InChI is InChI=1S/C16H22N2/c1-13-14(6-5-7-15(13)12-17)9-10-16-8-3-4-11-18(16)2/h5-7,16H,3-4,8-11H2,1-2H3. The molecule has 1 heterocycles. The zero-order chi connectivity index (χ0) is 13.0. The van der Waals surface area contributed by atoms with E-state index in [2.05, 4.69) is 31.0 Å². The Morgan fingerprint density at radius 2 is 2.22 bits per heavy atom. The molecule has 1 unspecified atom stereocenters. The molecule has 0 amide bonds. The minimum Gasteiger partial charge on any atom is -0.303 e. The Kier molecular flexibility index (Phi) is 4.38. The molecule has 1 saturated heterocycles. The van der Waals surface area contributed by atoms with E-state index >= 15 is 0 Å². The largest absolute Gasteiger partial charge is 0.303 e. The first kappa shape index (κ1) is 13.1. The van der Waals surface area contributed by atoms with Gasteiger partial charge in [0.25, 0.3) is 0 Å². The molecule has 2 nitrogen and oxygen atoms in total. The first-order valence-corrected chi connectivity index (χ1v) is 6.91. The average molecular weight is 242 g/mol. The molecule has 0 saturated carbocycles. The highest BCUT2D eigenvalue weighted by Gasteiger charge is 2.18. The lowest BCUT2D eigenvalue weighted by atomic mass is 9.93. The fourth-order valence-corrected chi connectivity index (χ4v) is 2.91. The van der Waals surface area contributed by atoms with Crippen LogP contribution >= 0.6 is 0 Å². The molecule has 1 aromatic carbocycles. The van der Waals surface area contributed by atoms with Crippen molar-refractivity contribution >= 4 is 0 Å². The van der Waals surface area contributed by atoms with Gasteiger partial charge in [-0.1, -0.05) is 18.6 Å². The minimum atomic E-state index is 0.726. The van der Waals surface area contributed by atoms with E-state index in [-0.39, 0.29) is 0 Å². The topological polar surface area (TPSA) is 27.0 Å². The number of aryl methyl sites for hydroxylation is 1. The van der Waals surface area contributed by atoms with E-state index in [4.69, 9.17) is 5.26 Å². The summed E-state index contributed by atoms with van der Waals surface area (Å²) in [6.45, 7) is 3.31. The molecule has 0 bridgehead atoms. The molecule has 1 aliphatic heterocycles. The maximum atomic E-state index is 9.04. The van der Waals surface area contributed by atoms with E-state index in [1.807, 2.05) is 12.1 Å². The Bertz CT molecular complexity index is 445. The van der Waals surface area contributed by atoms with Crippen molar-refractivity contribution in [2.45, 2.75) is 45.1 Å². The van der Waals surface area contributed by atoms with Gasteiger partial charge in [-0.2, -0.15) is 5.26 Å². The second-order valence-electron chi connectivity index (χ2n) is 5.37. The lowest BCUT2D eigenvalue weighted by molar-refractivity contribution is 0.176. The number of hydrogen-bond acceptors (Lipinski definition) is 2. The number of hydrogen-bond donors (Lipinski definition) is 0. The van der Waals surface area contributed by atoms with Crippen LogP contribution in [0.4, 0.5) is 0 Å². The fraction of sp³-hybridized carbons (Fsp3) is 0.562. The van der Waals surface area contributed by atoms with E-state index in [1.54, 1.807) is 0 Å². The normalized spacial score (nSPS) is 20.6. The number of piperidine rings is 1. The van der Waals surface area contributed by atoms with Gasteiger partial charge in [0.2, 0.25) is 0 Å². The summed E-state index contributed by atoms with van der Waals surface area (Å²) in [6.07, 6.45) is 6.35. The molecule has 1 atom stereocenters. The summed E-state index contributed by atoms with van der Waals surface area (Å²) in [6, 6.07) is 9.08. The SMILES string of the molecule is Cc1c(C#N)cccc1CCC1CCCCN1C. The van der Waals surface area contributed by atoms with E-state index in [1.165, 1.54) is 43.4 Å². The summed E-state index contributed by atoms with van der Waals surface area (Å²) >= 11 is 0. The summed E-state index contributed by atoms with van der Waals surface area (Å²) in [5.74, 6) is 0. The number of nitrogens with zero attached hydrogens (tertiary/aromatic N) is 2. The van der Waals surface area contributed by atoms with Crippen LogP contribution in [0.5, 0.6) is 0 Å². The molecule has 1 aromatic rings. The third-order valence-corrected chi connectivity index (χ3v) is 4.23. The zero-order valence-corrected chi connectivity index (χ0v) is 11.4. The third-order valence-electron chi connectivity index (χ3n) is 4.23. The van der Waals surface area contributed by atoms with E-state index in [0.717, 1.165) is 18.0 Å². The van der Waals surface area contributed by atoms with Gasteiger partial charge in [-0.25, -0.2) is 0 Å². The molecule has 0 aromatic heterocycles. The van der Waals surface area contributed by atoms with E-state index < -0.39 is 0 Å². The minimum absolute atomic E-state index is 0.726. The first-order chi connectivity index (χ1) is 8.72. The van der Waals surface area contributed by atoms with Crippen molar-refractivity contribution in [2.75, 3.05) is 13.6 Å². The second-order valence-corrected chi connectivity index (χ2v) is 5.37. The van der Waals surface area contributed by atoms with Crippen molar-refractivity contribution in [2.24, 2.45) is 0 Å². The molecule has 0 radical (unpaired) electrons. The van der Waals surface area contributed by atoms with Crippen LogP contribution in [0.3, 0.4) is 0 Å². The molecular weight excluding hydrogens is 220 g/mol. The second kappa shape index (κ2) is 6.02. The van der Waals surface area contributed by atoms with Crippen molar-refractivity contribution in [1.82, 2.24) is 4.90 Å². The molecule has 18 heavy (non-hydrogen) atoms. The summed E-state index contributed by atoms with van der Waals surface area (Å²) in [5.41, 5.74) is 3.33. The van der Waals surface area contributed by atoms with Crippen molar-refractivity contribution < 1.29 is 0 Å². The molecule has 1 fully saturated rings. The Balaban J connectivity index is 2.00. The maximum absolute atomic E-state index is 9.04. The summed E-state index contributed by atoms with van der Waals surface area (Å²) in [5, 5.41) is 9.04. The molecular formula is C16H22N2. The molecule has 2 rings (SSSR count). The van der Waals surface area contributed by atoms with Crippen LogP contribution in [-0.2, 0) is 6.42 Å². The zero-order valence-electron chi connectivity index (χ0n) is 11.4. The van der Waals surface area contributed by atoms with Gasteiger partial charge in [0, 0.05) is 6.04 Å². The molecule has 0 N–H and O–H groups in total. The van der Waals surface area contributed by atoms with Crippen LogP contribution < -0.4 is 0 Å². The van der Waals surface area contributed by atoms with E-state index in [0.29, 0.717) is 0 Å².